The molecule has 0 radical (unpaired) electrons. The lowest BCUT2D eigenvalue weighted by Crippen LogP contribution is -2.21. The summed E-state index contributed by atoms with van der Waals surface area (Å²) in [6, 6.07) is 15.1. The minimum Gasteiger partial charge on any atom is -0.497 e. The van der Waals surface area contributed by atoms with Crippen molar-refractivity contribution in [3.63, 3.8) is 0 Å². The van der Waals surface area contributed by atoms with Gasteiger partial charge in [-0.1, -0.05) is 18.2 Å². The van der Waals surface area contributed by atoms with Crippen LogP contribution in [-0.2, 0) is 0 Å². The van der Waals surface area contributed by atoms with Gasteiger partial charge in [0.2, 0.25) is 5.88 Å². The van der Waals surface area contributed by atoms with E-state index >= 15 is 0 Å². The predicted molar refractivity (Wildman–Crippen MR) is 83.1 cm³/mol. The zero-order chi connectivity index (χ0) is 15.7. The SMILES string of the molecule is COc1ccc([C@@H]2C(C#N)=C(N)Oc3cc(N)ccc32)cc1. The summed E-state index contributed by atoms with van der Waals surface area (Å²) in [5, 5.41) is 9.46. The molecule has 3 rings (SSSR count). The number of anilines is 1. The number of hydrogen-bond donors (Lipinski definition) is 2. The Balaban J connectivity index is 2.16. The first-order chi connectivity index (χ1) is 10.6. The van der Waals surface area contributed by atoms with E-state index in [4.69, 9.17) is 20.9 Å². The summed E-state index contributed by atoms with van der Waals surface area (Å²) in [6.45, 7) is 0. The largest absolute Gasteiger partial charge is 0.497 e. The van der Waals surface area contributed by atoms with Crippen LogP contribution in [0.1, 0.15) is 17.0 Å². The maximum Gasteiger partial charge on any atom is 0.205 e. The first-order valence-electron chi connectivity index (χ1n) is 6.75. The zero-order valence-electron chi connectivity index (χ0n) is 12.0. The lowest BCUT2D eigenvalue weighted by atomic mass is 9.83. The van der Waals surface area contributed by atoms with E-state index in [1.54, 1.807) is 19.2 Å². The number of nitriles is 1. The maximum atomic E-state index is 9.46. The van der Waals surface area contributed by atoms with Crippen LogP contribution in [0.2, 0.25) is 0 Å². The molecule has 0 amide bonds. The standard InChI is InChI=1S/C17H15N3O2/c1-21-12-5-2-10(3-6-12)16-13-7-4-11(19)8-15(13)22-17(20)14(16)9-18/h2-8,16H,19-20H2,1H3/t16-/m0/s1. The smallest absolute Gasteiger partial charge is 0.205 e. The van der Waals surface area contributed by atoms with Gasteiger partial charge < -0.3 is 20.9 Å². The Morgan fingerprint density at radius 2 is 1.86 bits per heavy atom. The molecule has 1 aliphatic rings. The van der Waals surface area contributed by atoms with E-state index in [1.807, 2.05) is 30.3 Å². The van der Waals surface area contributed by atoms with Crippen LogP contribution >= 0.6 is 0 Å². The monoisotopic (exact) mass is 293 g/mol. The van der Waals surface area contributed by atoms with Crippen molar-refractivity contribution in [1.29, 1.82) is 5.26 Å². The normalized spacial score (nSPS) is 16.5. The van der Waals surface area contributed by atoms with E-state index in [0.29, 0.717) is 17.0 Å². The number of allylic oxidation sites excluding steroid dienone is 1. The quantitative estimate of drug-likeness (QED) is 0.830. The van der Waals surface area contributed by atoms with Crippen LogP contribution in [0.15, 0.2) is 53.9 Å². The van der Waals surface area contributed by atoms with Crippen LogP contribution < -0.4 is 20.9 Å². The van der Waals surface area contributed by atoms with Gasteiger partial charge in [-0.3, -0.25) is 0 Å². The van der Waals surface area contributed by atoms with Gasteiger partial charge >= 0.3 is 0 Å². The minimum atomic E-state index is -0.278. The molecule has 0 bridgehead atoms. The molecule has 0 spiro atoms. The second-order valence-corrected chi connectivity index (χ2v) is 5.00. The number of methoxy groups -OCH3 is 1. The highest BCUT2D eigenvalue weighted by Gasteiger charge is 2.30. The molecule has 2 aromatic carbocycles. The maximum absolute atomic E-state index is 9.46. The molecule has 0 unspecified atom stereocenters. The van der Waals surface area contributed by atoms with Crippen molar-refractivity contribution < 1.29 is 9.47 Å². The van der Waals surface area contributed by atoms with Crippen LogP contribution in [0.25, 0.3) is 0 Å². The summed E-state index contributed by atoms with van der Waals surface area (Å²) in [7, 11) is 1.61. The topological polar surface area (TPSA) is 94.3 Å². The number of benzene rings is 2. The lowest BCUT2D eigenvalue weighted by Gasteiger charge is -2.26. The Hall–Kier alpha value is -3.13. The van der Waals surface area contributed by atoms with Crippen molar-refractivity contribution in [3.05, 3.63) is 65.0 Å². The van der Waals surface area contributed by atoms with Crippen LogP contribution in [-0.4, -0.2) is 7.11 Å². The van der Waals surface area contributed by atoms with Crippen molar-refractivity contribution in [3.8, 4) is 17.6 Å². The molecular weight excluding hydrogens is 278 g/mol. The average Bonchev–Trinajstić information content (AvgIpc) is 2.53. The van der Waals surface area contributed by atoms with Crippen molar-refractivity contribution in [2.75, 3.05) is 12.8 Å². The third kappa shape index (κ3) is 2.21. The summed E-state index contributed by atoms with van der Waals surface area (Å²) < 4.78 is 10.7. The number of fused-ring (bicyclic) bond motifs is 1. The molecule has 4 N–H and O–H groups in total. The van der Waals surface area contributed by atoms with E-state index in [1.165, 1.54) is 0 Å². The highest BCUT2D eigenvalue weighted by atomic mass is 16.5. The third-order valence-electron chi connectivity index (χ3n) is 3.69. The van der Waals surface area contributed by atoms with E-state index in [0.717, 1.165) is 16.9 Å². The predicted octanol–water partition coefficient (Wildman–Crippen LogP) is 2.50. The highest BCUT2D eigenvalue weighted by Crippen LogP contribution is 2.42. The molecule has 110 valence electrons. The van der Waals surface area contributed by atoms with E-state index in [2.05, 4.69) is 6.07 Å². The third-order valence-corrected chi connectivity index (χ3v) is 3.69. The van der Waals surface area contributed by atoms with E-state index in [9.17, 15) is 5.26 Å². The second kappa shape index (κ2) is 5.34. The zero-order valence-corrected chi connectivity index (χ0v) is 12.0. The molecular formula is C17H15N3O2. The van der Waals surface area contributed by atoms with Crippen LogP contribution in [0.4, 0.5) is 5.69 Å². The summed E-state index contributed by atoms with van der Waals surface area (Å²) in [6.07, 6.45) is 0. The van der Waals surface area contributed by atoms with Gasteiger partial charge in [0.25, 0.3) is 0 Å². The van der Waals surface area contributed by atoms with Gasteiger partial charge in [0.05, 0.1) is 13.0 Å². The Labute approximate surface area is 128 Å². The number of ether oxygens (including phenoxy) is 2. The van der Waals surface area contributed by atoms with Gasteiger partial charge in [-0.2, -0.15) is 5.26 Å². The fourth-order valence-corrected chi connectivity index (χ4v) is 2.61. The molecule has 0 saturated heterocycles. The molecule has 22 heavy (non-hydrogen) atoms. The Kier molecular flexibility index (Phi) is 3.36. The second-order valence-electron chi connectivity index (χ2n) is 5.00. The summed E-state index contributed by atoms with van der Waals surface area (Å²) in [4.78, 5) is 0. The molecule has 5 nitrogen and oxygen atoms in total. The van der Waals surface area contributed by atoms with E-state index in [-0.39, 0.29) is 11.8 Å². The number of nitrogens with zero attached hydrogens (tertiary/aromatic N) is 1. The first kappa shape index (κ1) is 13.8. The molecule has 1 atom stereocenters. The Morgan fingerprint density at radius 3 is 2.50 bits per heavy atom. The summed E-state index contributed by atoms with van der Waals surface area (Å²) >= 11 is 0. The summed E-state index contributed by atoms with van der Waals surface area (Å²) in [5.41, 5.74) is 14.5. The molecule has 0 fully saturated rings. The van der Waals surface area contributed by atoms with Gasteiger partial charge in [-0.15, -0.1) is 0 Å². The van der Waals surface area contributed by atoms with Gasteiger partial charge in [0.1, 0.15) is 23.1 Å². The minimum absolute atomic E-state index is 0.112. The van der Waals surface area contributed by atoms with Crippen LogP contribution in [0, 0.1) is 11.3 Å². The molecule has 2 aromatic rings. The lowest BCUT2D eigenvalue weighted by molar-refractivity contribution is 0.394. The molecule has 0 aliphatic carbocycles. The van der Waals surface area contributed by atoms with Gasteiger partial charge in [0, 0.05) is 17.3 Å². The van der Waals surface area contributed by atoms with Crippen molar-refractivity contribution in [1.82, 2.24) is 0 Å². The molecule has 0 aromatic heterocycles. The fraction of sp³-hybridized carbons (Fsp3) is 0.118. The molecule has 1 heterocycles. The molecule has 1 aliphatic heterocycles. The number of nitrogens with two attached hydrogens (primary N) is 2. The fourth-order valence-electron chi connectivity index (χ4n) is 2.61. The van der Waals surface area contributed by atoms with Crippen molar-refractivity contribution >= 4 is 5.69 Å². The van der Waals surface area contributed by atoms with Crippen LogP contribution in [0.3, 0.4) is 0 Å². The number of hydrogen-bond acceptors (Lipinski definition) is 5. The van der Waals surface area contributed by atoms with Gasteiger partial charge in [-0.25, -0.2) is 0 Å². The number of rotatable bonds is 2. The number of nitrogen functional groups attached to an aromatic ring is 1. The van der Waals surface area contributed by atoms with Crippen molar-refractivity contribution in [2.45, 2.75) is 5.92 Å². The van der Waals surface area contributed by atoms with Crippen LogP contribution in [0.5, 0.6) is 11.5 Å². The van der Waals surface area contributed by atoms with Crippen molar-refractivity contribution in [2.24, 2.45) is 5.73 Å². The first-order valence-corrected chi connectivity index (χ1v) is 6.75. The van der Waals surface area contributed by atoms with Gasteiger partial charge in [0.15, 0.2) is 0 Å². The Morgan fingerprint density at radius 1 is 1.14 bits per heavy atom. The van der Waals surface area contributed by atoms with E-state index < -0.39 is 0 Å². The highest BCUT2D eigenvalue weighted by molar-refractivity contribution is 5.59. The molecule has 5 heteroatoms. The molecule has 0 saturated carbocycles. The average molecular weight is 293 g/mol. The Bertz CT molecular complexity index is 789. The summed E-state index contributed by atoms with van der Waals surface area (Å²) in [5.74, 6) is 1.17. The van der Waals surface area contributed by atoms with Gasteiger partial charge in [-0.05, 0) is 23.8 Å².